The van der Waals surface area contributed by atoms with Gasteiger partial charge in [0.2, 0.25) is 11.8 Å². The van der Waals surface area contributed by atoms with Gasteiger partial charge in [-0.3, -0.25) is 9.69 Å². The third-order valence-corrected chi connectivity index (χ3v) is 5.24. The summed E-state index contributed by atoms with van der Waals surface area (Å²) in [6.45, 7) is 4.23. The topological polar surface area (TPSA) is 71.5 Å². The van der Waals surface area contributed by atoms with E-state index in [1.165, 1.54) is 12.1 Å². The van der Waals surface area contributed by atoms with Crippen molar-refractivity contribution in [3.63, 3.8) is 0 Å². The quantitative estimate of drug-likeness (QED) is 0.655. The Morgan fingerprint density at radius 3 is 2.83 bits per heavy atom. The minimum absolute atomic E-state index is 0.0257. The van der Waals surface area contributed by atoms with Crippen LogP contribution in [0, 0.1) is 12.7 Å². The summed E-state index contributed by atoms with van der Waals surface area (Å²) >= 11 is 0. The van der Waals surface area contributed by atoms with Gasteiger partial charge >= 0.3 is 0 Å². The number of nitrogens with zero attached hydrogens (tertiary/aromatic N) is 2. The molecule has 0 aliphatic carbocycles. The fraction of sp³-hybridized carbons (Fsp3) is 0.364. The lowest BCUT2D eigenvalue weighted by molar-refractivity contribution is -0.120. The molecule has 1 fully saturated rings. The highest BCUT2D eigenvalue weighted by atomic mass is 19.1. The minimum Gasteiger partial charge on any atom is -0.468 e. The molecule has 1 atom stereocenters. The molecule has 29 heavy (non-hydrogen) atoms. The van der Waals surface area contributed by atoms with Gasteiger partial charge in [-0.05, 0) is 63.2 Å². The van der Waals surface area contributed by atoms with E-state index in [0.29, 0.717) is 29.5 Å². The number of carbonyl (C=O) groups excluding carboxylic acids is 1. The van der Waals surface area contributed by atoms with E-state index < -0.39 is 0 Å². The van der Waals surface area contributed by atoms with Crippen molar-refractivity contribution < 1.29 is 18.0 Å². The van der Waals surface area contributed by atoms with Crippen molar-refractivity contribution in [1.29, 1.82) is 0 Å². The second-order valence-corrected chi connectivity index (χ2v) is 7.29. The van der Waals surface area contributed by atoms with Crippen LogP contribution in [0.5, 0.6) is 0 Å². The van der Waals surface area contributed by atoms with Crippen LogP contribution >= 0.6 is 0 Å². The van der Waals surface area contributed by atoms with Gasteiger partial charge in [0.25, 0.3) is 0 Å². The summed E-state index contributed by atoms with van der Waals surface area (Å²) in [5.74, 6) is 1.24. The first-order valence-electron chi connectivity index (χ1n) is 9.86. The number of furan rings is 1. The number of nitrogens with one attached hydrogen (secondary N) is 1. The zero-order chi connectivity index (χ0) is 20.2. The highest BCUT2D eigenvalue weighted by Gasteiger charge is 2.26. The molecule has 1 saturated heterocycles. The zero-order valence-electron chi connectivity index (χ0n) is 16.4. The SMILES string of the molecule is Cc1oc(-c2cccc(F)c2)nc1CC(=O)NCC(c1ccco1)N1CCCC1. The van der Waals surface area contributed by atoms with Gasteiger partial charge in [0.15, 0.2) is 0 Å². The van der Waals surface area contributed by atoms with E-state index in [9.17, 15) is 9.18 Å². The summed E-state index contributed by atoms with van der Waals surface area (Å²) in [5, 5.41) is 3.00. The number of likely N-dealkylation sites (tertiary alicyclic amines) is 1. The Morgan fingerprint density at radius 2 is 2.10 bits per heavy atom. The molecule has 3 heterocycles. The van der Waals surface area contributed by atoms with Crippen LogP contribution in [0.15, 0.2) is 51.5 Å². The fourth-order valence-electron chi connectivity index (χ4n) is 3.71. The van der Waals surface area contributed by atoms with Crippen molar-refractivity contribution in [2.24, 2.45) is 0 Å². The second-order valence-electron chi connectivity index (χ2n) is 7.29. The summed E-state index contributed by atoms with van der Waals surface area (Å²) in [7, 11) is 0. The average molecular weight is 397 g/mol. The first-order valence-corrected chi connectivity index (χ1v) is 9.86. The predicted molar refractivity (Wildman–Crippen MR) is 106 cm³/mol. The van der Waals surface area contributed by atoms with E-state index in [4.69, 9.17) is 8.83 Å². The highest BCUT2D eigenvalue weighted by molar-refractivity contribution is 5.78. The molecule has 1 amide bonds. The van der Waals surface area contributed by atoms with Gasteiger partial charge in [-0.2, -0.15) is 0 Å². The molecule has 0 bridgehead atoms. The molecule has 3 aromatic rings. The number of oxazole rings is 1. The van der Waals surface area contributed by atoms with Gasteiger partial charge in [0.1, 0.15) is 17.3 Å². The second kappa shape index (κ2) is 8.61. The van der Waals surface area contributed by atoms with Crippen molar-refractivity contribution in [1.82, 2.24) is 15.2 Å². The lowest BCUT2D eigenvalue weighted by atomic mass is 10.2. The molecule has 0 radical (unpaired) electrons. The van der Waals surface area contributed by atoms with Crippen molar-refractivity contribution in [2.75, 3.05) is 19.6 Å². The van der Waals surface area contributed by atoms with E-state index in [-0.39, 0.29) is 24.2 Å². The molecule has 7 heteroatoms. The molecule has 152 valence electrons. The first kappa shape index (κ1) is 19.4. The van der Waals surface area contributed by atoms with Crippen molar-refractivity contribution in [3.05, 3.63) is 65.7 Å². The van der Waals surface area contributed by atoms with Gasteiger partial charge in [0, 0.05) is 12.1 Å². The molecular formula is C22H24FN3O3. The van der Waals surface area contributed by atoms with Gasteiger partial charge in [-0.25, -0.2) is 9.37 Å². The summed E-state index contributed by atoms with van der Waals surface area (Å²) in [4.78, 5) is 19.3. The Hall–Kier alpha value is -2.93. The number of benzene rings is 1. The summed E-state index contributed by atoms with van der Waals surface area (Å²) in [6, 6.07) is 9.89. The van der Waals surface area contributed by atoms with Gasteiger partial charge < -0.3 is 14.2 Å². The molecule has 1 N–H and O–H groups in total. The molecule has 1 unspecified atom stereocenters. The van der Waals surface area contributed by atoms with Crippen molar-refractivity contribution in [2.45, 2.75) is 32.2 Å². The van der Waals surface area contributed by atoms with Crippen LogP contribution in [0.4, 0.5) is 4.39 Å². The molecule has 6 nitrogen and oxygen atoms in total. The number of hydrogen-bond acceptors (Lipinski definition) is 5. The van der Waals surface area contributed by atoms with Crippen LogP contribution in [0.1, 0.15) is 36.1 Å². The number of aryl methyl sites for hydroxylation is 1. The molecule has 0 saturated carbocycles. The molecular weight excluding hydrogens is 373 g/mol. The number of amides is 1. The van der Waals surface area contributed by atoms with Crippen LogP contribution in [0.25, 0.3) is 11.5 Å². The molecule has 0 spiro atoms. The van der Waals surface area contributed by atoms with Crippen LogP contribution in [0.3, 0.4) is 0 Å². The maximum absolute atomic E-state index is 13.4. The summed E-state index contributed by atoms with van der Waals surface area (Å²) in [6.07, 6.45) is 4.08. The largest absolute Gasteiger partial charge is 0.468 e. The Labute approximate surface area is 168 Å². The Bertz CT molecular complexity index is 962. The molecule has 1 aliphatic rings. The maximum atomic E-state index is 13.4. The Kier molecular flexibility index (Phi) is 5.76. The lowest BCUT2D eigenvalue weighted by Crippen LogP contribution is -2.37. The third-order valence-electron chi connectivity index (χ3n) is 5.24. The molecule has 1 aliphatic heterocycles. The Morgan fingerprint density at radius 1 is 1.28 bits per heavy atom. The first-order chi connectivity index (χ1) is 14.1. The standard InChI is InChI=1S/C22H24FN3O3/c1-15-18(25-22(29-15)16-6-4-7-17(23)12-16)13-21(27)24-14-19(20-8-5-11-28-20)26-9-2-3-10-26/h4-8,11-12,19H,2-3,9-10,13-14H2,1H3,(H,24,27). The van der Waals surface area contributed by atoms with Gasteiger partial charge in [0.05, 0.1) is 24.4 Å². The number of rotatable bonds is 7. The molecule has 2 aromatic heterocycles. The Balaban J connectivity index is 1.40. The normalized spacial score (nSPS) is 15.5. The van der Waals surface area contributed by atoms with E-state index in [0.717, 1.165) is 31.7 Å². The fourth-order valence-corrected chi connectivity index (χ4v) is 3.71. The van der Waals surface area contributed by atoms with E-state index in [1.807, 2.05) is 12.1 Å². The number of aromatic nitrogens is 1. The van der Waals surface area contributed by atoms with Gasteiger partial charge in [-0.15, -0.1) is 0 Å². The van der Waals surface area contributed by atoms with E-state index in [2.05, 4.69) is 15.2 Å². The lowest BCUT2D eigenvalue weighted by Gasteiger charge is -2.25. The number of hydrogen-bond donors (Lipinski definition) is 1. The van der Waals surface area contributed by atoms with Crippen molar-refractivity contribution in [3.8, 4) is 11.5 Å². The van der Waals surface area contributed by atoms with E-state index in [1.54, 1.807) is 25.3 Å². The monoisotopic (exact) mass is 397 g/mol. The zero-order valence-corrected chi connectivity index (χ0v) is 16.4. The average Bonchev–Trinajstić information content (AvgIpc) is 3.46. The summed E-state index contributed by atoms with van der Waals surface area (Å²) < 4.78 is 24.7. The molecule has 4 rings (SSSR count). The predicted octanol–water partition coefficient (Wildman–Crippen LogP) is 3.88. The van der Waals surface area contributed by atoms with Crippen LogP contribution in [0.2, 0.25) is 0 Å². The third kappa shape index (κ3) is 4.56. The van der Waals surface area contributed by atoms with Crippen molar-refractivity contribution >= 4 is 5.91 Å². The highest BCUT2D eigenvalue weighted by Crippen LogP contribution is 2.25. The molecule has 1 aromatic carbocycles. The van der Waals surface area contributed by atoms with Crippen LogP contribution in [-0.2, 0) is 11.2 Å². The minimum atomic E-state index is -0.358. The van der Waals surface area contributed by atoms with Gasteiger partial charge in [-0.1, -0.05) is 6.07 Å². The summed E-state index contributed by atoms with van der Waals surface area (Å²) in [5.41, 5.74) is 1.10. The van der Waals surface area contributed by atoms with Crippen LogP contribution < -0.4 is 5.32 Å². The smallest absolute Gasteiger partial charge is 0.226 e. The number of carbonyl (C=O) groups is 1. The van der Waals surface area contributed by atoms with Crippen LogP contribution in [-0.4, -0.2) is 35.4 Å². The maximum Gasteiger partial charge on any atom is 0.226 e. The number of halogens is 1. The van der Waals surface area contributed by atoms with E-state index >= 15 is 0 Å².